The third-order valence-corrected chi connectivity index (χ3v) is 4.82. The molecule has 0 bridgehead atoms. The van der Waals surface area contributed by atoms with Crippen LogP contribution < -0.4 is 0 Å². The summed E-state index contributed by atoms with van der Waals surface area (Å²) in [6, 6.07) is 0. The fourth-order valence-electron chi connectivity index (χ4n) is 2.56. The zero-order valence-corrected chi connectivity index (χ0v) is 15.5. The molecule has 0 aromatic carbocycles. The van der Waals surface area contributed by atoms with Gasteiger partial charge in [0.2, 0.25) is 0 Å². The standard InChI is InChI=1S/C20H40O/c1-6-7-8-9-10-11-12-13-14-15-16-19(21)17-18(2)20(3,4)5/h18H,6-17H2,1-5H3. The number of hydrogen-bond donors (Lipinski definition) is 0. The smallest absolute Gasteiger partial charge is 0.133 e. The van der Waals surface area contributed by atoms with Crippen molar-refractivity contribution in [3.05, 3.63) is 0 Å². The average molecular weight is 297 g/mol. The van der Waals surface area contributed by atoms with Crippen LogP contribution in [0.1, 0.15) is 112 Å². The maximum atomic E-state index is 11.9. The predicted molar refractivity (Wildman–Crippen MR) is 94.7 cm³/mol. The molecule has 0 radical (unpaired) electrons. The molecule has 1 heteroatoms. The van der Waals surface area contributed by atoms with Crippen molar-refractivity contribution in [2.24, 2.45) is 11.3 Å². The molecule has 0 fully saturated rings. The molecular weight excluding hydrogens is 256 g/mol. The lowest BCUT2D eigenvalue weighted by molar-refractivity contribution is -0.120. The van der Waals surface area contributed by atoms with E-state index in [4.69, 9.17) is 0 Å². The fourth-order valence-corrected chi connectivity index (χ4v) is 2.56. The van der Waals surface area contributed by atoms with Crippen molar-refractivity contribution < 1.29 is 4.79 Å². The fraction of sp³-hybridized carbons (Fsp3) is 0.950. The predicted octanol–water partition coefficient (Wildman–Crippen LogP) is 6.94. The molecule has 0 aliphatic heterocycles. The summed E-state index contributed by atoms with van der Waals surface area (Å²) in [5, 5.41) is 0. The summed E-state index contributed by atoms with van der Waals surface area (Å²) in [7, 11) is 0. The number of Topliss-reactive ketones (excluding diaryl/α,β-unsaturated/α-hetero) is 1. The van der Waals surface area contributed by atoms with Crippen LogP contribution in [0.2, 0.25) is 0 Å². The van der Waals surface area contributed by atoms with Gasteiger partial charge in [0.15, 0.2) is 0 Å². The number of carbonyl (C=O) groups excluding carboxylic acids is 1. The summed E-state index contributed by atoms with van der Waals surface area (Å²) in [6.07, 6.45) is 14.9. The van der Waals surface area contributed by atoms with Crippen molar-refractivity contribution in [2.75, 3.05) is 0 Å². The van der Waals surface area contributed by atoms with Crippen LogP contribution in [0.3, 0.4) is 0 Å². The molecule has 0 heterocycles. The first-order chi connectivity index (χ1) is 9.88. The van der Waals surface area contributed by atoms with Gasteiger partial charge in [-0.25, -0.2) is 0 Å². The van der Waals surface area contributed by atoms with Gasteiger partial charge in [0, 0.05) is 12.8 Å². The molecule has 0 rings (SSSR count). The molecular formula is C20H40O. The maximum absolute atomic E-state index is 11.9. The summed E-state index contributed by atoms with van der Waals surface area (Å²) >= 11 is 0. The summed E-state index contributed by atoms with van der Waals surface area (Å²) < 4.78 is 0. The Morgan fingerprint density at radius 2 is 1.24 bits per heavy atom. The Morgan fingerprint density at radius 1 is 0.810 bits per heavy atom. The molecule has 1 nitrogen and oxygen atoms in total. The van der Waals surface area contributed by atoms with Crippen molar-refractivity contribution in [1.29, 1.82) is 0 Å². The van der Waals surface area contributed by atoms with Crippen molar-refractivity contribution in [3.63, 3.8) is 0 Å². The minimum atomic E-state index is 0.257. The number of carbonyl (C=O) groups is 1. The van der Waals surface area contributed by atoms with Gasteiger partial charge in [0.05, 0.1) is 0 Å². The van der Waals surface area contributed by atoms with Gasteiger partial charge in [-0.05, 0) is 17.8 Å². The van der Waals surface area contributed by atoms with Crippen LogP contribution in [-0.2, 0) is 4.79 Å². The van der Waals surface area contributed by atoms with Gasteiger partial charge in [0.1, 0.15) is 5.78 Å². The summed E-state index contributed by atoms with van der Waals surface area (Å²) in [4.78, 5) is 11.9. The van der Waals surface area contributed by atoms with E-state index in [9.17, 15) is 4.79 Å². The quantitative estimate of drug-likeness (QED) is 0.336. The van der Waals surface area contributed by atoms with Crippen molar-refractivity contribution >= 4 is 5.78 Å². The Bertz CT molecular complexity index is 249. The third kappa shape index (κ3) is 13.1. The lowest BCUT2D eigenvalue weighted by Crippen LogP contribution is -2.20. The van der Waals surface area contributed by atoms with Gasteiger partial charge in [-0.1, -0.05) is 92.4 Å². The third-order valence-electron chi connectivity index (χ3n) is 4.82. The van der Waals surface area contributed by atoms with E-state index in [0.717, 1.165) is 19.3 Å². The van der Waals surface area contributed by atoms with Crippen LogP contribution in [0.4, 0.5) is 0 Å². The van der Waals surface area contributed by atoms with E-state index >= 15 is 0 Å². The molecule has 0 saturated heterocycles. The first kappa shape index (κ1) is 20.7. The van der Waals surface area contributed by atoms with Crippen molar-refractivity contribution in [1.82, 2.24) is 0 Å². The van der Waals surface area contributed by atoms with Crippen molar-refractivity contribution in [2.45, 2.75) is 112 Å². The molecule has 0 amide bonds. The Labute approximate surface area is 134 Å². The topological polar surface area (TPSA) is 17.1 Å². The lowest BCUT2D eigenvalue weighted by atomic mass is 9.79. The first-order valence-corrected chi connectivity index (χ1v) is 9.39. The normalized spacial score (nSPS) is 13.4. The SMILES string of the molecule is CCCCCCCCCCCCC(=O)CC(C)C(C)(C)C. The minimum absolute atomic E-state index is 0.257. The number of rotatable bonds is 13. The highest BCUT2D eigenvalue weighted by Crippen LogP contribution is 2.28. The monoisotopic (exact) mass is 296 g/mol. The molecule has 1 unspecified atom stereocenters. The highest BCUT2D eigenvalue weighted by atomic mass is 16.1. The molecule has 21 heavy (non-hydrogen) atoms. The summed E-state index contributed by atoms with van der Waals surface area (Å²) in [6.45, 7) is 11.2. The maximum Gasteiger partial charge on any atom is 0.133 e. The van der Waals surface area contributed by atoms with E-state index in [-0.39, 0.29) is 5.41 Å². The number of unbranched alkanes of at least 4 members (excludes halogenated alkanes) is 9. The molecule has 0 saturated carbocycles. The summed E-state index contributed by atoms with van der Waals surface area (Å²) in [5.41, 5.74) is 0.257. The Kier molecular flexibility index (Phi) is 12.0. The molecule has 0 N–H and O–H groups in total. The second kappa shape index (κ2) is 12.2. The van der Waals surface area contributed by atoms with Gasteiger partial charge in [-0.3, -0.25) is 4.79 Å². The molecule has 0 aromatic heterocycles. The van der Waals surface area contributed by atoms with Crippen LogP contribution in [0, 0.1) is 11.3 Å². The van der Waals surface area contributed by atoms with E-state index < -0.39 is 0 Å². The molecule has 0 spiro atoms. The highest BCUT2D eigenvalue weighted by Gasteiger charge is 2.22. The zero-order valence-electron chi connectivity index (χ0n) is 15.5. The van der Waals surface area contributed by atoms with E-state index in [0.29, 0.717) is 11.7 Å². The van der Waals surface area contributed by atoms with E-state index in [1.165, 1.54) is 57.8 Å². The molecule has 0 aliphatic rings. The van der Waals surface area contributed by atoms with Gasteiger partial charge >= 0.3 is 0 Å². The van der Waals surface area contributed by atoms with Crippen LogP contribution >= 0.6 is 0 Å². The Morgan fingerprint density at radius 3 is 1.67 bits per heavy atom. The first-order valence-electron chi connectivity index (χ1n) is 9.39. The average Bonchev–Trinajstić information content (AvgIpc) is 2.39. The van der Waals surface area contributed by atoms with Gasteiger partial charge in [-0.2, -0.15) is 0 Å². The second-order valence-corrected chi connectivity index (χ2v) is 7.94. The molecule has 0 aliphatic carbocycles. The summed E-state index contributed by atoms with van der Waals surface area (Å²) in [5.74, 6) is 0.963. The van der Waals surface area contributed by atoms with Crippen LogP contribution in [-0.4, -0.2) is 5.78 Å². The largest absolute Gasteiger partial charge is 0.300 e. The number of ketones is 1. The van der Waals surface area contributed by atoms with Crippen LogP contribution in [0.15, 0.2) is 0 Å². The van der Waals surface area contributed by atoms with Crippen LogP contribution in [0.25, 0.3) is 0 Å². The van der Waals surface area contributed by atoms with Crippen molar-refractivity contribution in [3.8, 4) is 0 Å². The Balaban J connectivity index is 3.37. The second-order valence-electron chi connectivity index (χ2n) is 7.94. The highest BCUT2D eigenvalue weighted by molar-refractivity contribution is 5.78. The number of hydrogen-bond acceptors (Lipinski definition) is 1. The Hall–Kier alpha value is -0.330. The van der Waals surface area contributed by atoms with Crippen LogP contribution in [0.5, 0.6) is 0 Å². The zero-order chi connectivity index (χ0) is 16.1. The van der Waals surface area contributed by atoms with Gasteiger partial charge in [-0.15, -0.1) is 0 Å². The van der Waals surface area contributed by atoms with Gasteiger partial charge in [0.25, 0.3) is 0 Å². The molecule has 126 valence electrons. The van der Waals surface area contributed by atoms with Gasteiger partial charge < -0.3 is 0 Å². The molecule has 1 atom stereocenters. The molecule has 0 aromatic rings. The lowest BCUT2D eigenvalue weighted by Gasteiger charge is -2.26. The van der Waals surface area contributed by atoms with E-state index in [1.54, 1.807) is 0 Å². The minimum Gasteiger partial charge on any atom is -0.300 e. The van der Waals surface area contributed by atoms with E-state index in [1.807, 2.05) is 0 Å². The van der Waals surface area contributed by atoms with E-state index in [2.05, 4.69) is 34.6 Å².